The van der Waals surface area contributed by atoms with E-state index in [4.69, 9.17) is 11.2 Å². The maximum Gasteiger partial charge on any atom is 0.339 e. The quantitative estimate of drug-likeness (QED) is 0.488. The second kappa shape index (κ2) is 10.5. The zero-order valence-corrected chi connectivity index (χ0v) is 14.3. The maximum atomic E-state index is 11.5. The van der Waals surface area contributed by atoms with Crippen molar-refractivity contribution >= 4 is 56.7 Å². The van der Waals surface area contributed by atoms with Crippen LogP contribution in [0.3, 0.4) is 0 Å². The minimum absolute atomic E-state index is 0.727. The van der Waals surface area contributed by atoms with E-state index in [0.29, 0.717) is 0 Å². The topological polar surface area (TPSA) is 34.1 Å². The second-order valence-corrected chi connectivity index (χ2v) is 14.3. The van der Waals surface area contributed by atoms with E-state index in [9.17, 15) is 9.13 Å². The lowest BCUT2D eigenvalue weighted by Crippen LogP contribution is -1.89. The molecule has 8 heteroatoms. The van der Waals surface area contributed by atoms with Crippen LogP contribution >= 0.6 is 56.7 Å². The number of unbranched alkanes of at least 4 members (excludes halogenated alkanes) is 2. The fourth-order valence-corrected chi connectivity index (χ4v) is 3.42. The number of hydrogen-bond acceptors (Lipinski definition) is 2. The minimum Gasteiger partial charge on any atom is -0.307 e. The Balaban J connectivity index is 0. The lowest BCUT2D eigenvalue weighted by molar-refractivity contribution is 0.580. The molecule has 0 radical (unpaired) electrons. The van der Waals surface area contributed by atoms with Crippen LogP contribution in [0.4, 0.5) is 0 Å². The Bertz CT molecular complexity index is 234. The molecule has 0 aliphatic rings. The molecule has 0 atom stereocenters. The Kier molecular flexibility index (Phi) is 13.1. The van der Waals surface area contributed by atoms with Crippen molar-refractivity contribution in [2.45, 2.75) is 39.5 Å². The molecular formula is C8H18Cl4O2P2. The summed E-state index contributed by atoms with van der Waals surface area (Å²) in [5, 5.41) is -3.22. The zero-order chi connectivity index (χ0) is 13.2. The van der Waals surface area contributed by atoms with Crippen LogP contribution in [0.15, 0.2) is 0 Å². The molecule has 0 N–H and O–H groups in total. The number of hydrogen-bond donors (Lipinski definition) is 0. The molecule has 0 saturated heterocycles. The molecule has 0 amide bonds. The molecular weight excluding hydrogens is 332 g/mol. The van der Waals surface area contributed by atoms with Gasteiger partial charge in [0.1, 0.15) is 0 Å². The highest BCUT2D eigenvalue weighted by atomic mass is 36.0. The van der Waals surface area contributed by atoms with Crippen LogP contribution < -0.4 is 0 Å². The summed E-state index contributed by atoms with van der Waals surface area (Å²) in [4.78, 5) is 0. The molecule has 0 saturated carbocycles. The summed E-state index contributed by atoms with van der Waals surface area (Å²) >= 11 is 19.7. The smallest absolute Gasteiger partial charge is 0.307 e. The Morgan fingerprint density at radius 1 is 0.812 bits per heavy atom. The molecule has 0 aromatic carbocycles. The standard InChI is InChI=1S/C8H18ClOP.Cl3OP/c1-3-5-7-11(9,10)8-6-4-2;1-5(2,3)4/h3-8H2,1-2H3;. The highest BCUT2D eigenvalue weighted by Crippen LogP contribution is 2.61. The zero-order valence-electron chi connectivity index (χ0n) is 9.47. The average molecular weight is 350 g/mol. The lowest BCUT2D eigenvalue weighted by Gasteiger charge is -2.07. The Labute approximate surface area is 117 Å². The molecule has 2 nitrogen and oxygen atoms in total. The normalized spacial score (nSPS) is 11.9. The molecule has 0 rings (SSSR count). The van der Waals surface area contributed by atoms with E-state index in [1.165, 1.54) is 0 Å². The SMILES string of the molecule is CCCCP(=O)(Cl)CCCC.O=P(Cl)(Cl)Cl. The molecule has 0 unspecified atom stereocenters. The van der Waals surface area contributed by atoms with E-state index < -0.39 is 11.7 Å². The van der Waals surface area contributed by atoms with Crippen LogP contribution in [0.5, 0.6) is 0 Å². The Morgan fingerprint density at radius 2 is 1.06 bits per heavy atom. The third-order valence-corrected chi connectivity index (χ3v) is 4.67. The summed E-state index contributed by atoms with van der Waals surface area (Å²) in [6.07, 6.45) is 5.64. The summed E-state index contributed by atoms with van der Waals surface area (Å²) in [7, 11) is 0. The summed E-state index contributed by atoms with van der Waals surface area (Å²) < 4.78 is 21.0. The van der Waals surface area contributed by atoms with Gasteiger partial charge in [0.05, 0.1) is 0 Å². The summed E-state index contributed by atoms with van der Waals surface area (Å²) in [6.45, 7) is 1.93. The van der Waals surface area contributed by atoms with Crippen LogP contribution in [-0.4, -0.2) is 12.3 Å². The van der Waals surface area contributed by atoms with Gasteiger partial charge in [0.15, 0.2) is 6.49 Å². The van der Waals surface area contributed by atoms with Gasteiger partial charge in [-0.3, -0.25) is 4.57 Å². The van der Waals surface area contributed by atoms with Crippen LogP contribution in [0.1, 0.15) is 39.5 Å². The summed E-state index contributed by atoms with van der Waals surface area (Å²) in [5.74, 6) is 0. The van der Waals surface area contributed by atoms with Crippen molar-refractivity contribution in [1.82, 2.24) is 0 Å². The first-order chi connectivity index (χ1) is 7.12. The molecule has 16 heavy (non-hydrogen) atoms. The largest absolute Gasteiger partial charge is 0.339 e. The van der Waals surface area contributed by atoms with Gasteiger partial charge in [-0.15, -0.1) is 0 Å². The molecule has 0 bridgehead atoms. The third kappa shape index (κ3) is 24.7. The van der Waals surface area contributed by atoms with Gasteiger partial charge in [0.25, 0.3) is 0 Å². The lowest BCUT2D eigenvalue weighted by atomic mass is 10.4. The first-order valence-corrected chi connectivity index (χ1v) is 12.5. The van der Waals surface area contributed by atoms with Crippen molar-refractivity contribution in [3.63, 3.8) is 0 Å². The average Bonchev–Trinajstić information content (AvgIpc) is 2.09. The van der Waals surface area contributed by atoms with Crippen LogP contribution in [-0.2, 0) is 9.13 Å². The van der Waals surface area contributed by atoms with Gasteiger partial charge >= 0.3 is 5.20 Å². The predicted molar refractivity (Wildman–Crippen MR) is 78.2 cm³/mol. The molecule has 0 aliphatic carbocycles. The van der Waals surface area contributed by atoms with Crippen molar-refractivity contribution in [3.05, 3.63) is 0 Å². The van der Waals surface area contributed by atoms with Crippen LogP contribution in [0, 0.1) is 0 Å². The molecule has 0 heterocycles. The first-order valence-electron chi connectivity index (χ1n) is 5.09. The molecule has 100 valence electrons. The van der Waals surface area contributed by atoms with E-state index in [1.807, 2.05) is 0 Å². The highest BCUT2D eigenvalue weighted by Gasteiger charge is 2.15. The van der Waals surface area contributed by atoms with E-state index in [-0.39, 0.29) is 0 Å². The highest BCUT2D eigenvalue weighted by molar-refractivity contribution is 8.24. The van der Waals surface area contributed by atoms with Gasteiger partial charge < -0.3 is 4.57 Å². The summed E-state index contributed by atoms with van der Waals surface area (Å²) in [5.41, 5.74) is 0. The fraction of sp³-hybridized carbons (Fsp3) is 1.00. The van der Waals surface area contributed by atoms with Gasteiger partial charge in [-0.1, -0.05) is 37.9 Å². The number of rotatable bonds is 6. The Morgan fingerprint density at radius 3 is 1.25 bits per heavy atom. The van der Waals surface area contributed by atoms with Crippen molar-refractivity contribution in [3.8, 4) is 0 Å². The van der Waals surface area contributed by atoms with Gasteiger partial charge in [-0.25, -0.2) is 0 Å². The minimum atomic E-state index is -3.22. The first kappa shape index (κ1) is 19.9. The van der Waals surface area contributed by atoms with Gasteiger partial charge in [-0.05, 0) is 46.6 Å². The van der Waals surface area contributed by atoms with Crippen molar-refractivity contribution in [1.29, 1.82) is 0 Å². The van der Waals surface area contributed by atoms with Gasteiger partial charge in [-0.2, -0.15) is 0 Å². The maximum absolute atomic E-state index is 11.5. The van der Waals surface area contributed by atoms with Gasteiger partial charge in [0.2, 0.25) is 0 Å². The third-order valence-electron chi connectivity index (χ3n) is 1.69. The summed E-state index contributed by atoms with van der Waals surface area (Å²) in [6, 6.07) is 0. The Hall–Kier alpha value is 1.62. The second-order valence-electron chi connectivity index (χ2n) is 3.34. The van der Waals surface area contributed by atoms with Crippen LogP contribution in [0.25, 0.3) is 0 Å². The molecule has 0 aliphatic heterocycles. The van der Waals surface area contributed by atoms with Gasteiger partial charge in [0, 0.05) is 12.3 Å². The van der Waals surface area contributed by atoms with Crippen LogP contribution in [0.2, 0.25) is 0 Å². The predicted octanol–water partition coefficient (Wildman–Crippen LogP) is 6.91. The molecule has 0 aromatic heterocycles. The van der Waals surface area contributed by atoms with E-state index in [2.05, 4.69) is 47.6 Å². The van der Waals surface area contributed by atoms with E-state index >= 15 is 0 Å². The molecule has 0 spiro atoms. The van der Waals surface area contributed by atoms with Crippen molar-refractivity contribution in [2.75, 3.05) is 12.3 Å². The molecule has 0 aromatic rings. The fourth-order valence-electron chi connectivity index (χ4n) is 0.900. The van der Waals surface area contributed by atoms with E-state index in [1.54, 1.807) is 0 Å². The van der Waals surface area contributed by atoms with Crippen molar-refractivity contribution in [2.24, 2.45) is 0 Å². The van der Waals surface area contributed by atoms with E-state index in [0.717, 1.165) is 38.0 Å². The monoisotopic (exact) mass is 348 g/mol. The molecule has 0 fully saturated rings. The van der Waals surface area contributed by atoms with Crippen molar-refractivity contribution < 1.29 is 9.13 Å². The number of halogens is 4.